The molecule has 0 aromatic heterocycles. The van der Waals surface area contributed by atoms with E-state index in [1.165, 1.54) is 0 Å². The summed E-state index contributed by atoms with van der Waals surface area (Å²) in [5, 5.41) is 8.70. The molecule has 0 aromatic rings. The molecular formula is C6H11ClO2. The maximum Gasteiger partial charge on any atom is 0.0825 e. The lowest BCUT2D eigenvalue weighted by atomic mass is 10.2. The van der Waals surface area contributed by atoms with Crippen LogP contribution in [0.2, 0.25) is 0 Å². The molecule has 1 saturated heterocycles. The van der Waals surface area contributed by atoms with E-state index >= 15 is 0 Å². The number of halogens is 1. The SMILES string of the molecule is CC1O[C@H](CO)C[C@@H]1Cl. The first kappa shape index (κ1) is 7.32. The van der Waals surface area contributed by atoms with Crippen molar-refractivity contribution < 1.29 is 9.84 Å². The predicted molar refractivity (Wildman–Crippen MR) is 35.7 cm³/mol. The summed E-state index contributed by atoms with van der Waals surface area (Å²) in [5.74, 6) is 0. The molecule has 54 valence electrons. The fourth-order valence-corrected chi connectivity index (χ4v) is 1.26. The predicted octanol–water partition coefficient (Wildman–Crippen LogP) is 0.763. The summed E-state index contributed by atoms with van der Waals surface area (Å²) in [6.07, 6.45) is 0.852. The molecule has 3 heteroatoms. The van der Waals surface area contributed by atoms with Crippen molar-refractivity contribution in [3.63, 3.8) is 0 Å². The summed E-state index contributed by atoms with van der Waals surface area (Å²) in [6.45, 7) is 2.01. The van der Waals surface area contributed by atoms with Crippen molar-refractivity contribution in [3.8, 4) is 0 Å². The second-order valence-electron chi connectivity index (χ2n) is 2.40. The van der Waals surface area contributed by atoms with E-state index in [0.29, 0.717) is 0 Å². The normalized spacial score (nSPS) is 43.7. The Bertz CT molecular complexity index is 87.1. The molecule has 1 unspecified atom stereocenters. The van der Waals surface area contributed by atoms with Gasteiger partial charge in [-0.3, -0.25) is 0 Å². The summed E-state index contributed by atoms with van der Waals surface area (Å²) in [7, 11) is 0. The minimum absolute atomic E-state index is 0.0255. The van der Waals surface area contributed by atoms with E-state index in [1.807, 2.05) is 6.92 Å². The minimum atomic E-state index is -0.0255. The highest BCUT2D eigenvalue weighted by Crippen LogP contribution is 2.23. The first-order chi connectivity index (χ1) is 4.24. The van der Waals surface area contributed by atoms with Crippen LogP contribution >= 0.6 is 11.6 Å². The smallest absolute Gasteiger partial charge is 0.0825 e. The molecule has 0 spiro atoms. The van der Waals surface area contributed by atoms with Gasteiger partial charge in [-0.1, -0.05) is 0 Å². The number of ether oxygens (including phenoxy) is 1. The third-order valence-electron chi connectivity index (χ3n) is 1.61. The molecule has 0 aliphatic carbocycles. The van der Waals surface area contributed by atoms with Gasteiger partial charge in [0.25, 0.3) is 0 Å². The van der Waals surface area contributed by atoms with Crippen molar-refractivity contribution in [2.45, 2.75) is 30.9 Å². The molecular weight excluding hydrogens is 140 g/mol. The second kappa shape index (κ2) is 2.86. The number of alkyl halides is 1. The number of aliphatic hydroxyl groups is 1. The number of hydrogen-bond donors (Lipinski definition) is 1. The van der Waals surface area contributed by atoms with Crippen LogP contribution in [0.15, 0.2) is 0 Å². The Kier molecular flexibility index (Phi) is 2.33. The summed E-state index contributed by atoms with van der Waals surface area (Å²) >= 11 is 5.80. The Morgan fingerprint density at radius 3 is 2.67 bits per heavy atom. The molecule has 1 aliphatic heterocycles. The van der Waals surface area contributed by atoms with Gasteiger partial charge in [0.1, 0.15) is 0 Å². The van der Waals surface area contributed by atoms with E-state index < -0.39 is 0 Å². The third-order valence-corrected chi connectivity index (χ3v) is 2.14. The van der Waals surface area contributed by atoms with Gasteiger partial charge in [-0.15, -0.1) is 11.6 Å². The molecule has 0 aromatic carbocycles. The molecule has 1 fully saturated rings. The molecule has 1 rings (SSSR count). The van der Waals surface area contributed by atoms with Gasteiger partial charge < -0.3 is 9.84 Å². The van der Waals surface area contributed by atoms with Gasteiger partial charge in [0.15, 0.2) is 0 Å². The number of hydrogen-bond acceptors (Lipinski definition) is 2. The topological polar surface area (TPSA) is 29.5 Å². The number of rotatable bonds is 1. The zero-order valence-corrected chi connectivity index (χ0v) is 6.14. The summed E-state index contributed by atoms with van der Waals surface area (Å²) in [6, 6.07) is 0. The van der Waals surface area contributed by atoms with E-state index in [2.05, 4.69) is 0 Å². The molecule has 1 aliphatic rings. The van der Waals surface area contributed by atoms with Crippen molar-refractivity contribution in [1.82, 2.24) is 0 Å². The Morgan fingerprint density at radius 1 is 1.78 bits per heavy atom. The van der Waals surface area contributed by atoms with Crippen molar-refractivity contribution in [1.29, 1.82) is 0 Å². The van der Waals surface area contributed by atoms with Crippen molar-refractivity contribution in [2.24, 2.45) is 0 Å². The van der Waals surface area contributed by atoms with Crippen LogP contribution in [0, 0.1) is 0 Å². The van der Waals surface area contributed by atoms with E-state index in [9.17, 15) is 0 Å². The van der Waals surface area contributed by atoms with Crippen molar-refractivity contribution >= 4 is 11.6 Å². The Hall–Kier alpha value is 0.210. The lowest BCUT2D eigenvalue weighted by molar-refractivity contribution is 0.0202. The summed E-state index contributed by atoms with van der Waals surface area (Å²) < 4.78 is 5.24. The first-order valence-electron chi connectivity index (χ1n) is 3.14. The van der Waals surface area contributed by atoms with Gasteiger partial charge in [-0.25, -0.2) is 0 Å². The molecule has 0 radical (unpaired) electrons. The van der Waals surface area contributed by atoms with E-state index in [1.54, 1.807) is 0 Å². The van der Waals surface area contributed by atoms with Gasteiger partial charge >= 0.3 is 0 Å². The molecule has 1 heterocycles. The molecule has 0 saturated carbocycles. The molecule has 9 heavy (non-hydrogen) atoms. The number of aliphatic hydroxyl groups excluding tert-OH is 1. The quantitative estimate of drug-likeness (QED) is 0.560. The van der Waals surface area contributed by atoms with Gasteiger partial charge in [0.05, 0.1) is 24.2 Å². The minimum Gasteiger partial charge on any atom is -0.394 e. The standard InChI is InChI=1S/C6H11ClO2/c1-4-6(7)2-5(3-8)9-4/h4-6,8H,2-3H2,1H3/t4?,5-,6-/m0/s1. The maximum atomic E-state index is 8.62. The van der Waals surface area contributed by atoms with E-state index in [-0.39, 0.29) is 24.2 Å². The van der Waals surface area contributed by atoms with Gasteiger partial charge in [-0.05, 0) is 13.3 Å². The Morgan fingerprint density at radius 2 is 2.44 bits per heavy atom. The van der Waals surface area contributed by atoms with E-state index in [4.69, 9.17) is 21.4 Å². The highest BCUT2D eigenvalue weighted by atomic mass is 35.5. The molecule has 1 N–H and O–H groups in total. The third kappa shape index (κ3) is 1.57. The van der Waals surface area contributed by atoms with Crippen molar-refractivity contribution in [2.75, 3.05) is 6.61 Å². The molecule has 3 atom stereocenters. The lowest BCUT2D eigenvalue weighted by Gasteiger charge is -2.05. The van der Waals surface area contributed by atoms with Crippen LogP contribution in [0.25, 0.3) is 0 Å². The maximum absolute atomic E-state index is 8.62. The molecule has 0 amide bonds. The average molecular weight is 151 g/mol. The summed E-state index contributed by atoms with van der Waals surface area (Å²) in [5.41, 5.74) is 0. The van der Waals surface area contributed by atoms with Gasteiger partial charge in [0.2, 0.25) is 0 Å². The fraction of sp³-hybridized carbons (Fsp3) is 1.00. The van der Waals surface area contributed by atoms with Crippen LogP contribution in [0.4, 0.5) is 0 Å². The fourth-order valence-electron chi connectivity index (χ4n) is 1.00. The van der Waals surface area contributed by atoms with Crippen LogP contribution in [0.1, 0.15) is 13.3 Å². The van der Waals surface area contributed by atoms with Crippen LogP contribution in [-0.4, -0.2) is 29.3 Å². The lowest BCUT2D eigenvalue weighted by Crippen LogP contribution is -2.12. The first-order valence-corrected chi connectivity index (χ1v) is 3.58. The largest absolute Gasteiger partial charge is 0.394 e. The van der Waals surface area contributed by atoms with Gasteiger partial charge in [0, 0.05) is 0 Å². The highest BCUT2D eigenvalue weighted by molar-refractivity contribution is 6.21. The monoisotopic (exact) mass is 150 g/mol. The zero-order chi connectivity index (χ0) is 6.85. The van der Waals surface area contributed by atoms with Crippen LogP contribution < -0.4 is 0 Å². The molecule has 0 bridgehead atoms. The molecule has 2 nitrogen and oxygen atoms in total. The second-order valence-corrected chi connectivity index (χ2v) is 2.96. The Labute approximate surface area is 59.8 Å². The summed E-state index contributed by atoms with van der Waals surface area (Å²) in [4.78, 5) is 0. The highest BCUT2D eigenvalue weighted by Gasteiger charge is 2.29. The van der Waals surface area contributed by atoms with Crippen LogP contribution in [0.5, 0.6) is 0 Å². The van der Waals surface area contributed by atoms with E-state index in [0.717, 1.165) is 6.42 Å². The van der Waals surface area contributed by atoms with Crippen molar-refractivity contribution in [3.05, 3.63) is 0 Å². The Balaban J connectivity index is 2.35. The zero-order valence-electron chi connectivity index (χ0n) is 5.38. The van der Waals surface area contributed by atoms with Crippen LogP contribution in [0.3, 0.4) is 0 Å². The average Bonchev–Trinajstić information content (AvgIpc) is 2.13. The van der Waals surface area contributed by atoms with Crippen LogP contribution in [-0.2, 0) is 4.74 Å². The van der Waals surface area contributed by atoms with Gasteiger partial charge in [-0.2, -0.15) is 0 Å².